The quantitative estimate of drug-likeness (QED) is 0.748. The third-order valence-electron chi connectivity index (χ3n) is 1.49. The van der Waals surface area contributed by atoms with E-state index in [1.807, 2.05) is 26.8 Å². The fraction of sp³-hybridized carbons (Fsp3) is 0.500. The van der Waals surface area contributed by atoms with Gasteiger partial charge in [0.1, 0.15) is 0 Å². The van der Waals surface area contributed by atoms with Crippen LogP contribution in [0.4, 0.5) is 0 Å². The number of aryl methyl sites for hydroxylation is 1. The van der Waals surface area contributed by atoms with Crippen LogP contribution in [0.2, 0.25) is 0 Å². The van der Waals surface area contributed by atoms with Crippen molar-refractivity contribution in [2.75, 3.05) is 6.61 Å². The zero-order valence-corrected chi connectivity index (χ0v) is 8.45. The largest absolute Gasteiger partial charge is 0.395 e. The fourth-order valence-electron chi connectivity index (χ4n) is 0.899. The highest BCUT2D eigenvalue weighted by atomic mass is 16.3. The summed E-state index contributed by atoms with van der Waals surface area (Å²) in [6, 6.07) is 3.40. The molecule has 3 heteroatoms. The lowest BCUT2D eigenvalue weighted by Crippen LogP contribution is -2.20. The minimum atomic E-state index is -0.0564. The molecule has 1 aromatic rings. The molecule has 0 saturated carbocycles. The van der Waals surface area contributed by atoms with E-state index in [9.17, 15) is 4.79 Å². The van der Waals surface area contributed by atoms with Gasteiger partial charge in [-0.05, 0) is 18.6 Å². The van der Waals surface area contributed by atoms with Crippen molar-refractivity contribution < 1.29 is 5.11 Å². The maximum atomic E-state index is 11.1. The summed E-state index contributed by atoms with van der Waals surface area (Å²) in [6.45, 7) is 6.24. The van der Waals surface area contributed by atoms with Gasteiger partial charge in [0.2, 0.25) is 0 Å². The van der Waals surface area contributed by atoms with E-state index in [4.69, 9.17) is 5.11 Å². The average Bonchev–Trinajstić information content (AvgIpc) is 2.14. The van der Waals surface area contributed by atoms with Crippen LogP contribution in [-0.4, -0.2) is 16.3 Å². The Morgan fingerprint density at radius 1 is 1.46 bits per heavy atom. The Morgan fingerprint density at radius 3 is 2.54 bits per heavy atom. The molecular weight excluding hydrogens is 166 g/mol. The Labute approximate surface area is 78.6 Å². The highest BCUT2D eigenvalue weighted by Crippen LogP contribution is 1.89. The van der Waals surface area contributed by atoms with Crippen LogP contribution in [-0.2, 0) is 6.54 Å². The van der Waals surface area contributed by atoms with E-state index in [0.29, 0.717) is 6.54 Å². The number of nitrogens with zero attached hydrogens (tertiary/aromatic N) is 1. The van der Waals surface area contributed by atoms with Crippen LogP contribution in [0.1, 0.15) is 19.4 Å². The Hall–Kier alpha value is -1.09. The summed E-state index contributed by atoms with van der Waals surface area (Å²) in [6.07, 6.45) is 1.69. The summed E-state index contributed by atoms with van der Waals surface area (Å²) in [4.78, 5) is 11.1. The van der Waals surface area contributed by atoms with Gasteiger partial charge < -0.3 is 9.67 Å². The molecule has 3 nitrogen and oxygen atoms in total. The van der Waals surface area contributed by atoms with E-state index in [1.165, 1.54) is 4.57 Å². The van der Waals surface area contributed by atoms with Crippen molar-refractivity contribution in [3.63, 3.8) is 0 Å². The van der Waals surface area contributed by atoms with Gasteiger partial charge in [-0.2, -0.15) is 0 Å². The number of aliphatic hydroxyl groups is 1. The van der Waals surface area contributed by atoms with Crippen molar-refractivity contribution in [1.82, 2.24) is 4.57 Å². The zero-order chi connectivity index (χ0) is 10.3. The van der Waals surface area contributed by atoms with Crippen molar-refractivity contribution in [2.45, 2.75) is 27.3 Å². The standard InChI is InChI=1S/C8H11NO2.C2H6/c1-7-2-3-9(4-5-10)8(11)6-7;1-2/h2-3,6,10H,4-5H2,1H3;1-2H3. The van der Waals surface area contributed by atoms with Crippen LogP contribution < -0.4 is 5.56 Å². The molecule has 0 aliphatic heterocycles. The first-order valence-corrected chi connectivity index (χ1v) is 4.52. The van der Waals surface area contributed by atoms with Gasteiger partial charge in [0, 0.05) is 18.8 Å². The minimum absolute atomic E-state index is 0.00294. The van der Waals surface area contributed by atoms with Gasteiger partial charge in [-0.15, -0.1) is 0 Å². The lowest BCUT2D eigenvalue weighted by molar-refractivity contribution is 0.274. The number of aliphatic hydroxyl groups excluding tert-OH is 1. The number of hydrogen-bond donors (Lipinski definition) is 1. The molecule has 0 atom stereocenters. The maximum Gasteiger partial charge on any atom is 0.250 e. The number of aromatic nitrogens is 1. The molecule has 13 heavy (non-hydrogen) atoms. The van der Waals surface area contributed by atoms with Crippen molar-refractivity contribution in [1.29, 1.82) is 0 Å². The molecule has 1 N–H and O–H groups in total. The second kappa shape index (κ2) is 6.43. The maximum absolute atomic E-state index is 11.1. The fourth-order valence-corrected chi connectivity index (χ4v) is 0.899. The molecule has 74 valence electrons. The molecule has 0 bridgehead atoms. The second-order valence-corrected chi connectivity index (χ2v) is 2.46. The van der Waals surface area contributed by atoms with Crippen LogP contribution in [0.25, 0.3) is 0 Å². The van der Waals surface area contributed by atoms with Crippen LogP contribution in [0.15, 0.2) is 23.1 Å². The highest BCUT2D eigenvalue weighted by Gasteiger charge is 1.92. The lowest BCUT2D eigenvalue weighted by atomic mass is 10.3. The first kappa shape index (κ1) is 11.9. The van der Waals surface area contributed by atoms with Gasteiger partial charge >= 0.3 is 0 Å². The summed E-state index contributed by atoms with van der Waals surface area (Å²) < 4.78 is 1.48. The highest BCUT2D eigenvalue weighted by molar-refractivity contribution is 5.07. The summed E-state index contributed by atoms with van der Waals surface area (Å²) in [7, 11) is 0. The van der Waals surface area contributed by atoms with E-state index >= 15 is 0 Å². The van der Waals surface area contributed by atoms with Crippen LogP contribution in [0.5, 0.6) is 0 Å². The topological polar surface area (TPSA) is 42.2 Å². The summed E-state index contributed by atoms with van der Waals surface area (Å²) in [5, 5.41) is 8.55. The number of rotatable bonds is 2. The molecule has 0 spiro atoms. The van der Waals surface area contributed by atoms with E-state index in [-0.39, 0.29) is 12.2 Å². The summed E-state index contributed by atoms with van der Waals surface area (Å²) in [5.74, 6) is 0. The Bertz CT molecular complexity index is 291. The molecule has 0 fully saturated rings. The lowest BCUT2D eigenvalue weighted by Gasteiger charge is -2.01. The molecule has 0 aromatic carbocycles. The molecule has 0 radical (unpaired) electrons. The zero-order valence-electron chi connectivity index (χ0n) is 8.45. The van der Waals surface area contributed by atoms with Crippen LogP contribution in [0, 0.1) is 6.92 Å². The van der Waals surface area contributed by atoms with Gasteiger partial charge in [0.05, 0.1) is 6.61 Å². The molecule has 0 aliphatic carbocycles. The molecular formula is C10H17NO2. The molecule has 0 unspecified atom stereocenters. The monoisotopic (exact) mass is 183 g/mol. The number of hydrogen-bond acceptors (Lipinski definition) is 2. The molecule has 1 aromatic heterocycles. The Kier molecular flexibility index (Phi) is 5.89. The predicted octanol–water partition coefficient (Wildman–Crippen LogP) is 1.18. The third kappa shape index (κ3) is 3.90. The van der Waals surface area contributed by atoms with Crippen LogP contribution in [0.3, 0.4) is 0 Å². The summed E-state index contributed by atoms with van der Waals surface area (Å²) >= 11 is 0. The molecule has 0 saturated heterocycles. The molecule has 1 rings (SSSR count). The molecule has 1 heterocycles. The van der Waals surface area contributed by atoms with Gasteiger partial charge in [-0.1, -0.05) is 13.8 Å². The van der Waals surface area contributed by atoms with Gasteiger partial charge in [-0.3, -0.25) is 4.79 Å². The van der Waals surface area contributed by atoms with Gasteiger partial charge in [0.15, 0.2) is 0 Å². The SMILES string of the molecule is CC.Cc1ccn(CCO)c(=O)c1. The van der Waals surface area contributed by atoms with E-state index < -0.39 is 0 Å². The van der Waals surface area contributed by atoms with E-state index in [0.717, 1.165) is 5.56 Å². The van der Waals surface area contributed by atoms with E-state index in [2.05, 4.69) is 0 Å². The average molecular weight is 183 g/mol. The second-order valence-electron chi connectivity index (χ2n) is 2.46. The van der Waals surface area contributed by atoms with Crippen LogP contribution >= 0.6 is 0 Å². The minimum Gasteiger partial charge on any atom is -0.395 e. The third-order valence-corrected chi connectivity index (χ3v) is 1.49. The predicted molar refractivity (Wildman–Crippen MR) is 53.9 cm³/mol. The first-order chi connectivity index (χ1) is 6.24. The van der Waals surface area contributed by atoms with Crippen molar-refractivity contribution in [3.8, 4) is 0 Å². The van der Waals surface area contributed by atoms with Gasteiger partial charge in [-0.25, -0.2) is 0 Å². The molecule has 0 amide bonds. The van der Waals surface area contributed by atoms with Crippen molar-refractivity contribution in [2.24, 2.45) is 0 Å². The van der Waals surface area contributed by atoms with Crippen molar-refractivity contribution >= 4 is 0 Å². The Morgan fingerprint density at radius 2 is 2.08 bits per heavy atom. The van der Waals surface area contributed by atoms with Crippen molar-refractivity contribution in [3.05, 3.63) is 34.2 Å². The normalized spacial score (nSPS) is 8.92. The van der Waals surface area contributed by atoms with E-state index in [1.54, 1.807) is 12.3 Å². The Balaban J connectivity index is 0.000000671. The molecule has 0 aliphatic rings. The number of pyridine rings is 1. The van der Waals surface area contributed by atoms with Gasteiger partial charge in [0.25, 0.3) is 5.56 Å². The first-order valence-electron chi connectivity index (χ1n) is 4.52. The smallest absolute Gasteiger partial charge is 0.250 e. The summed E-state index contributed by atoms with van der Waals surface area (Å²) in [5.41, 5.74) is 0.892.